The molecule has 2 aromatic heterocycles. The SMILES string of the molecule is CC(Cc1ccsc1)Nc1ccc(C(N)=O)nn1. The van der Waals surface area contributed by atoms with E-state index in [1.165, 1.54) is 5.56 Å². The summed E-state index contributed by atoms with van der Waals surface area (Å²) in [6, 6.07) is 5.62. The maximum absolute atomic E-state index is 10.8. The van der Waals surface area contributed by atoms with Crippen LogP contribution in [0.2, 0.25) is 0 Å². The molecule has 5 nitrogen and oxygen atoms in total. The minimum Gasteiger partial charge on any atom is -0.366 e. The lowest BCUT2D eigenvalue weighted by molar-refractivity contribution is 0.0994. The van der Waals surface area contributed by atoms with Gasteiger partial charge >= 0.3 is 0 Å². The number of anilines is 1. The van der Waals surface area contributed by atoms with Gasteiger partial charge in [-0.1, -0.05) is 0 Å². The summed E-state index contributed by atoms with van der Waals surface area (Å²) in [7, 11) is 0. The molecule has 94 valence electrons. The number of aromatic nitrogens is 2. The van der Waals surface area contributed by atoms with Crippen LogP contribution in [-0.2, 0) is 6.42 Å². The fourth-order valence-electron chi connectivity index (χ4n) is 1.61. The molecular weight excluding hydrogens is 248 g/mol. The first-order chi connectivity index (χ1) is 8.65. The molecule has 0 spiro atoms. The summed E-state index contributed by atoms with van der Waals surface area (Å²) in [5.74, 6) is 0.0723. The van der Waals surface area contributed by atoms with Crippen molar-refractivity contribution < 1.29 is 4.79 Å². The molecule has 6 heteroatoms. The smallest absolute Gasteiger partial charge is 0.269 e. The number of nitrogens with one attached hydrogen (secondary N) is 1. The Hall–Kier alpha value is -1.95. The van der Waals surface area contributed by atoms with Gasteiger partial charge in [0.25, 0.3) is 5.91 Å². The normalized spacial score (nSPS) is 12.1. The highest BCUT2D eigenvalue weighted by molar-refractivity contribution is 7.07. The lowest BCUT2D eigenvalue weighted by Gasteiger charge is -2.13. The largest absolute Gasteiger partial charge is 0.366 e. The average Bonchev–Trinajstić information content (AvgIpc) is 2.82. The average molecular weight is 262 g/mol. The number of primary amides is 1. The third-order valence-electron chi connectivity index (χ3n) is 2.43. The van der Waals surface area contributed by atoms with Crippen LogP contribution in [0.15, 0.2) is 29.0 Å². The van der Waals surface area contributed by atoms with Gasteiger partial charge in [0.05, 0.1) is 0 Å². The van der Waals surface area contributed by atoms with Crippen LogP contribution in [0.3, 0.4) is 0 Å². The number of nitrogens with two attached hydrogens (primary N) is 1. The Balaban J connectivity index is 1.94. The Kier molecular flexibility index (Phi) is 3.88. The number of carbonyl (C=O) groups excluding carboxylic acids is 1. The van der Waals surface area contributed by atoms with Crippen molar-refractivity contribution in [1.29, 1.82) is 0 Å². The van der Waals surface area contributed by atoms with Gasteiger partial charge in [0.1, 0.15) is 5.82 Å². The van der Waals surface area contributed by atoms with Gasteiger partial charge in [-0.2, -0.15) is 11.3 Å². The molecule has 18 heavy (non-hydrogen) atoms. The van der Waals surface area contributed by atoms with Crippen LogP contribution in [0, 0.1) is 0 Å². The zero-order valence-electron chi connectivity index (χ0n) is 9.96. The predicted octanol–water partition coefficient (Wildman–Crippen LogP) is 1.68. The van der Waals surface area contributed by atoms with Gasteiger partial charge in [-0.05, 0) is 47.9 Å². The van der Waals surface area contributed by atoms with E-state index in [1.54, 1.807) is 23.5 Å². The second kappa shape index (κ2) is 5.59. The van der Waals surface area contributed by atoms with E-state index in [4.69, 9.17) is 5.73 Å². The lowest BCUT2D eigenvalue weighted by Crippen LogP contribution is -2.20. The van der Waals surface area contributed by atoms with E-state index < -0.39 is 5.91 Å². The first-order valence-electron chi connectivity index (χ1n) is 5.56. The van der Waals surface area contributed by atoms with E-state index in [9.17, 15) is 4.79 Å². The maximum Gasteiger partial charge on any atom is 0.269 e. The van der Waals surface area contributed by atoms with Gasteiger partial charge in [-0.15, -0.1) is 10.2 Å². The van der Waals surface area contributed by atoms with Crippen molar-refractivity contribution in [2.24, 2.45) is 5.73 Å². The van der Waals surface area contributed by atoms with Crippen molar-refractivity contribution in [1.82, 2.24) is 10.2 Å². The Labute approximate surface area is 109 Å². The minimum atomic E-state index is -0.569. The summed E-state index contributed by atoms with van der Waals surface area (Å²) in [6.07, 6.45) is 0.919. The number of amides is 1. The molecule has 1 atom stereocenters. The van der Waals surface area contributed by atoms with Gasteiger partial charge in [0.2, 0.25) is 0 Å². The molecule has 2 aromatic rings. The number of thiophene rings is 1. The van der Waals surface area contributed by atoms with Crippen LogP contribution >= 0.6 is 11.3 Å². The molecule has 0 aliphatic heterocycles. The van der Waals surface area contributed by atoms with E-state index in [0.29, 0.717) is 5.82 Å². The van der Waals surface area contributed by atoms with Gasteiger partial charge in [0.15, 0.2) is 5.69 Å². The Bertz CT molecular complexity index is 509. The zero-order chi connectivity index (χ0) is 13.0. The summed E-state index contributed by atoms with van der Waals surface area (Å²) in [4.78, 5) is 10.8. The van der Waals surface area contributed by atoms with Crippen LogP contribution in [0.5, 0.6) is 0 Å². The number of nitrogens with zero attached hydrogens (tertiary/aromatic N) is 2. The molecular formula is C12H14N4OS. The third-order valence-corrected chi connectivity index (χ3v) is 3.17. The Morgan fingerprint density at radius 1 is 1.44 bits per heavy atom. The molecule has 0 aliphatic rings. The molecule has 2 heterocycles. The fourth-order valence-corrected chi connectivity index (χ4v) is 2.29. The molecule has 2 rings (SSSR count). The van der Waals surface area contributed by atoms with Gasteiger partial charge in [0, 0.05) is 6.04 Å². The fraction of sp³-hybridized carbons (Fsp3) is 0.250. The molecule has 0 saturated heterocycles. The lowest BCUT2D eigenvalue weighted by atomic mass is 10.1. The molecule has 0 bridgehead atoms. The third kappa shape index (κ3) is 3.27. The van der Waals surface area contributed by atoms with Crippen molar-refractivity contribution in [3.8, 4) is 0 Å². The second-order valence-electron chi connectivity index (χ2n) is 4.05. The van der Waals surface area contributed by atoms with Crippen LogP contribution in [0.4, 0.5) is 5.82 Å². The molecule has 1 unspecified atom stereocenters. The van der Waals surface area contributed by atoms with Crippen molar-refractivity contribution in [2.75, 3.05) is 5.32 Å². The highest BCUT2D eigenvalue weighted by atomic mass is 32.1. The first-order valence-corrected chi connectivity index (χ1v) is 6.50. The van der Waals surface area contributed by atoms with E-state index in [-0.39, 0.29) is 11.7 Å². The Morgan fingerprint density at radius 3 is 2.83 bits per heavy atom. The van der Waals surface area contributed by atoms with Crippen molar-refractivity contribution >= 4 is 23.1 Å². The number of hydrogen-bond acceptors (Lipinski definition) is 5. The summed E-state index contributed by atoms with van der Waals surface area (Å²) >= 11 is 1.69. The van der Waals surface area contributed by atoms with E-state index in [2.05, 4.69) is 39.3 Å². The number of hydrogen-bond donors (Lipinski definition) is 2. The summed E-state index contributed by atoms with van der Waals surface area (Å²) in [5, 5.41) is 15.1. The number of rotatable bonds is 5. The Morgan fingerprint density at radius 2 is 2.28 bits per heavy atom. The van der Waals surface area contributed by atoms with Gasteiger partial charge in [-0.25, -0.2) is 0 Å². The molecule has 3 N–H and O–H groups in total. The van der Waals surface area contributed by atoms with Crippen LogP contribution in [0.1, 0.15) is 23.0 Å². The maximum atomic E-state index is 10.8. The molecule has 0 saturated carbocycles. The highest BCUT2D eigenvalue weighted by Crippen LogP contribution is 2.11. The van der Waals surface area contributed by atoms with Crippen molar-refractivity contribution in [3.63, 3.8) is 0 Å². The molecule has 0 radical (unpaired) electrons. The van der Waals surface area contributed by atoms with Gasteiger partial charge in [-0.3, -0.25) is 4.79 Å². The molecule has 0 aromatic carbocycles. The number of carbonyl (C=O) groups is 1. The van der Waals surface area contributed by atoms with Crippen LogP contribution in [-0.4, -0.2) is 22.1 Å². The van der Waals surface area contributed by atoms with E-state index in [1.807, 2.05) is 0 Å². The topological polar surface area (TPSA) is 80.9 Å². The summed E-state index contributed by atoms with van der Waals surface area (Å²) < 4.78 is 0. The standard InChI is InChI=1S/C12H14N4OS/c1-8(6-9-4-5-18-7-9)14-11-3-2-10(12(13)17)15-16-11/h2-5,7-8H,6H2,1H3,(H2,13,17)(H,14,16). The summed E-state index contributed by atoms with van der Waals surface area (Å²) in [6.45, 7) is 2.07. The van der Waals surface area contributed by atoms with E-state index in [0.717, 1.165) is 6.42 Å². The predicted molar refractivity (Wildman–Crippen MR) is 71.7 cm³/mol. The summed E-state index contributed by atoms with van der Waals surface area (Å²) in [5.41, 5.74) is 6.56. The van der Waals surface area contributed by atoms with Crippen LogP contribution < -0.4 is 11.1 Å². The second-order valence-corrected chi connectivity index (χ2v) is 4.83. The monoisotopic (exact) mass is 262 g/mol. The quantitative estimate of drug-likeness (QED) is 0.859. The molecule has 0 aliphatic carbocycles. The first kappa shape index (κ1) is 12.5. The van der Waals surface area contributed by atoms with Crippen molar-refractivity contribution in [2.45, 2.75) is 19.4 Å². The zero-order valence-corrected chi connectivity index (χ0v) is 10.8. The van der Waals surface area contributed by atoms with Crippen molar-refractivity contribution in [3.05, 3.63) is 40.2 Å². The van der Waals surface area contributed by atoms with Crippen LogP contribution in [0.25, 0.3) is 0 Å². The molecule has 1 amide bonds. The van der Waals surface area contributed by atoms with E-state index >= 15 is 0 Å². The van der Waals surface area contributed by atoms with Gasteiger partial charge < -0.3 is 11.1 Å². The molecule has 0 fully saturated rings. The highest BCUT2D eigenvalue weighted by Gasteiger charge is 2.07. The minimum absolute atomic E-state index is 0.172.